The van der Waals surface area contributed by atoms with E-state index in [0.717, 1.165) is 57.4 Å². The van der Waals surface area contributed by atoms with Crippen molar-refractivity contribution in [3.8, 4) is 0 Å². The maximum Gasteiger partial charge on any atom is 0.302 e. The van der Waals surface area contributed by atoms with E-state index in [1.807, 2.05) is 0 Å². The van der Waals surface area contributed by atoms with Crippen LogP contribution in [0.15, 0.2) is 0 Å². The predicted molar refractivity (Wildman–Crippen MR) is 145 cm³/mol. The molecule has 0 aromatic carbocycles. The zero-order valence-electron chi connectivity index (χ0n) is 23.8. The SMILES string of the molecule is COC1CC(CC[C@H](C[C@@H](OC(C)=O)[C@H]2CC[C@H]3CCC[C@H]2C3)OC(C)=O)C(C2CCNC(N)C2)CC1O. The molecule has 218 valence electrons. The van der Waals surface area contributed by atoms with Crippen molar-refractivity contribution in [1.82, 2.24) is 5.32 Å². The Balaban J connectivity index is 1.45. The topological polar surface area (TPSA) is 120 Å². The molecular weight excluding hydrogens is 484 g/mol. The van der Waals surface area contributed by atoms with Crippen molar-refractivity contribution in [2.45, 2.75) is 128 Å². The first-order valence-corrected chi connectivity index (χ1v) is 15.3. The van der Waals surface area contributed by atoms with E-state index in [-0.39, 0.29) is 36.4 Å². The minimum Gasteiger partial charge on any atom is -0.462 e. The fourth-order valence-corrected chi connectivity index (χ4v) is 8.57. The van der Waals surface area contributed by atoms with Crippen LogP contribution in [0.4, 0.5) is 0 Å². The lowest BCUT2D eigenvalue weighted by Gasteiger charge is -2.45. The predicted octanol–water partition coefficient (Wildman–Crippen LogP) is 3.92. The Kier molecular flexibility index (Phi) is 10.9. The summed E-state index contributed by atoms with van der Waals surface area (Å²) in [5.41, 5.74) is 6.25. The van der Waals surface area contributed by atoms with Gasteiger partial charge in [-0.2, -0.15) is 0 Å². The van der Waals surface area contributed by atoms with E-state index >= 15 is 0 Å². The minimum absolute atomic E-state index is 0.000137. The average Bonchev–Trinajstić information content (AvgIpc) is 2.87. The number of ether oxygens (including phenoxy) is 3. The Bertz CT molecular complexity index is 780. The van der Waals surface area contributed by atoms with Crippen LogP contribution in [0.25, 0.3) is 0 Å². The first-order valence-electron chi connectivity index (χ1n) is 15.3. The molecule has 4 aliphatic rings. The van der Waals surface area contributed by atoms with Crippen LogP contribution in [0, 0.1) is 35.5 Å². The number of rotatable bonds is 10. The van der Waals surface area contributed by atoms with Crippen LogP contribution in [0.3, 0.4) is 0 Å². The molecule has 4 N–H and O–H groups in total. The van der Waals surface area contributed by atoms with Gasteiger partial charge >= 0.3 is 11.9 Å². The summed E-state index contributed by atoms with van der Waals surface area (Å²) in [6.45, 7) is 3.87. The van der Waals surface area contributed by atoms with Crippen molar-refractivity contribution in [3.05, 3.63) is 0 Å². The summed E-state index contributed by atoms with van der Waals surface area (Å²) >= 11 is 0. The Hall–Kier alpha value is -1.22. The van der Waals surface area contributed by atoms with Gasteiger partial charge in [-0.25, -0.2) is 0 Å². The highest BCUT2D eigenvalue weighted by Crippen LogP contribution is 2.47. The molecule has 3 aliphatic carbocycles. The van der Waals surface area contributed by atoms with Gasteiger partial charge in [0, 0.05) is 27.4 Å². The van der Waals surface area contributed by atoms with Crippen molar-refractivity contribution in [2.24, 2.45) is 41.2 Å². The van der Waals surface area contributed by atoms with Crippen molar-refractivity contribution in [1.29, 1.82) is 0 Å². The van der Waals surface area contributed by atoms with Gasteiger partial charge in [0.15, 0.2) is 0 Å². The zero-order chi connectivity index (χ0) is 27.2. The number of carbonyl (C=O) groups is 2. The highest BCUT2D eigenvalue weighted by molar-refractivity contribution is 5.66. The fraction of sp³-hybridized carbons (Fsp3) is 0.933. The van der Waals surface area contributed by atoms with Gasteiger partial charge in [0.05, 0.1) is 18.4 Å². The molecule has 1 heterocycles. The lowest BCUT2D eigenvalue weighted by Crippen LogP contribution is -2.49. The van der Waals surface area contributed by atoms with E-state index < -0.39 is 6.10 Å². The molecule has 8 heteroatoms. The number of hydrogen-bond donors (Lipinski definition) is 3. The molecule has 0 radical (unpaired) electrons. The maximum atomic E-state index is 12.1. The molecule has 0 amide bonds. The molecule has 8 nitrogen and oxygen atoms in total. The number of carbonyl (C=O) groups excluding carboxylic acids is 2. The number of aliphatic hydroxyl groups excluding tert-OH is 1. The van der Waals surface area contributed by atoms with E-state index in [1.165, 1.54) is 46.0 Å². The van der Waals surface area contributed by atoms with E-state index in [2.05, 4.69) is 5.32 Å². The quantitative estimate of drug-likeness (QED) is 0.359. The maximum absolute atomic E-state index is 12.1. The Morgan fingerprint density at radius 2 is 1.76 bits per heavy atom. The van der Waals surface area contributed by atoms with Gasteiger partial charge < -0.3 is 30.4 Å². The molecule has 0 aromatic rings. The van der Waals surface area contributed by atoms with Crippen LogP contribution in [-0.2, 0) is 23.8 Å². The summed E-state index contributed by atoms with van der Waals surface area (Å²) in [6, 6.07) is 0. The second kappa shape index (κ2) is 13.9. The molecule has 0 aromatic heterocycles. The molecule has 0 spiro atoms. The van der Waals surface area contributed by atoms with Crippen molar-refractivity contribution in [3.63, 3.8) is 0 Å². The number of piperidine rings is 1. The average molecular weight is 537 g/mol. The second-order valence-corrected chi connectivity index (χ2v) is 12.8. The van der Waals surface area contributed by atoms with Gasteiger partial charge in [0.2, 0.25) is 0 Å². The van der Waals surface area contributed by atoms with Gasteiger partial charge in [-0.15, -0.1) is 0 Å². The van der Waals surface area contributed by atoms with E-state index in [0.29, 0.717) is 36.0 Å². The molecule has 11 atom stereocenters. The monoisotopic (exact) mass is 536 g/mol. The van der Waals surface area contributed by atoms with Gasteiger partial charge in [-0.05, 0) is 93.4 Å². The summed E-state index contributed by atoms with van der Waals surface area (Å²) in [6.07, 6.45) is 11.9. The Morgan fingerprint density at radius 1 is 0.974 bits per heavy atom. The first kappa shape index (κ1) is 29.8. The van der Waals surface area contributed by atoms with Crippen LogP contribution in [0.2, 0.25) is 0 Å². The van der Waals surface area contributed by atoms with Crippen LogP contribution in [0.5, 0.6) is 0 Å². The largest absolute Gasteiger partial charge is 0.462 e. The number of fused-ring (bicyclic) bond motifs is 2. The summed E-state index contributed by atoms with van der Waals surface area (Å²) in [4.78, 5) is 24.3. The molecule has 2 bridgehead atoms. The first-order chi connectivity index (χ1) is 18.2. The summed E-state index contributed by atoms with van der Waals surface area (Å²) in [5, 5.41) is 14.1. The second-order valence-electron chi connectivity index (χ2n) is 12.8. The smallest absolute Gasteiger partial charge is 0.302 e. The molecular formula is C30H52N2O6. The third kappa shape index (κ3) is 7.92. The highest BCUT2D eigenvalue weighted by atomic mass is 16.6. The van der Waals surface area contributed by atoms with Crippen molar-refractivity contribution >= 4 is 11.9 Å². The zero-order valence-corrected chi connectivity index (χ0v) is 23.8. The summed E-state index contributed by atoms with van der Waals surface area (Å²) in [7, 11) is 1.68. The molecule has 3 saturated carbocycles. The van der Waals surface area contributed by atoms with Crippen LogP contribution in [0.1, 0.15) is 97.3 Å². The number of aliphatic hydroxyl groups is 1. The normalized spacial score (nSPS) is 39.1. The number of nitrogens with two attached hydrogens (primary N) is 1. The van der Waals surface area contributed by atoms with Crippen LogP contribution >= 0.6 is 0 Å². The van der Waals surface area contributed by atoms with Crippen molar-refractivity contribution < 1.29 is 28.9 Å². The third-order valence-corrected chi connectivity index (χ3v) is 10.3. The number of methoxy groups -OCH3 is 1. The minimum atomic E-state index is -0.462. The molecule has 4 rings (SSSR count). The number of esters is 2. The van der Waals surface area contributed by atoms with Crippen LogP contribution in [-0.4, -0.2) is 61.3 Å². The molecule has 1 saturated heterocycles. The lowest BCUT2D eigenvalue weighted by molar-refractivity contribution is -0.159. The van der Waals surface area contributed by atoms with Crippen molar-refractivity contribution in [2.75, 3.05) is 13.7 Å². The molecule has 38 heavy (non-hydrogen) atoms. The summed E-state index contributed by atoms with van der Waals surface area (Å²) in [5.74, 6) is 2.42. The Labute approximate surface area is 229 Å². The van der Waals surface area contributed by atoms with Gasteiger partial charge in [0.1, 0.15) is 12.2 Å². The van der Waals surface area contributed by atoms with Gasteiger partial charge in [-0.1, -0.05) is 25.7 Å². The standard InChI is InChI=1S/C30H52N2O6/c1-18(33)37-24(16-28(38-19(2)34)25-10-7-20-5-4-6-21(25)13-20)9-8-22-14-29(36-3)27(35)17-26(22)23-11-12-32-30(31)15-23/h20-30,32,35H,4-17,31H2,1-3H3/t20-,21+,22?,23?,24-,25+,26?,27?,28-,29?,30?/m1/s1. The fourth-order valence-electron chi connectivity index (χ4n) is 8.57. The molecule has 4 fully saturated rings. The van der Waals surface area contributed by atoms with Gasteiger partial charge in [-0.3, -0.25) is 9.59 Å². The van der Waals surface area contributed by atoms with E-state index in [4.69, 9.17) is 19.9 Å². The van der Waals surface area contributed by atoms with Gasteiger partial charge in [0.25, 0.3) is 0 Å². The van der Waals surface area contributed by atoms with E-state index in [9.17, 15) is 14.7 Å². The van der Waals surface area contributed by atoms with Crippen LogP contribution < -0.4 is 11.1 Å². The number of nitrogens with one attached hydrogen (secondary N) is 1. The lowest BCUT2D eigenvalue weighted by atomic mass is 9.64. The molecule has 6 unspecified atom stereocenters. The molecule has 1 aliphatic heterocycles. The third-order valence-electron chi connectivity index (χ3n) is 10.3. The summed E-state index contributed by atoms with van der Waals surface area (Å²) < 4.78 is 17.5. The Morgan fingerprint density at radius 3 is 2.47 bits per heavy atom. The van der Waals surface area contributed by atoms with E-state index in [1.54, 1.807) is 7.11 Å². The number of hydrogen-bond acceptors (Lipinski definition) is 8. The highest BCUT2D eigenvalue weighted by Gasteiger charge is 2.43.